The number of ether oxygens (including phenoxy) is 1. The van der Waals surface area contributed by atoms with Gasteiger partial charge < -0.3 is 30.3 Å². The Labute approximate surface area is 288 Å². The van der Waals surface area contributed by atoms with Crippen LogP contribution in [0.1, 0.15) is 64.5 Å². The van der Waals surface area contributed by atoms with Crippen molar-refractivity contribution in [3.05, 3.63) is 64.8 Å². The molecule has 0 amide bonds. The van der Waals surface area contributed by atoms with Crippen LogP contribution in [0.25, 0.3) is 16.3 Å². The fourth-order valence-corrected chi connectivity index (χ4v) is 4.29. The SMILES string of the molecule is CCOC(=O)c1ccc(-c2nnc(N=Nc3c(C(C)(C)C)nn(-c4cc(C(=O)[O-])cc(C(=O)[O-])c4)c3N)s2)cc1.[Na+].[Na+]. The second-order valence-electron chi connectivity index (χ2n) is 9.48. The first-order valence-electron chi connectivity index (χ1n) is 11.9. The molecule has 206 valence electrons. The summed E-state index contributed by atoms with van der Waals surface area (Å²) in [4.78, 5) is 34.8. The molecule has 2 aromatic heterocycles. The summed E-state index contributed by atoms with van der Waals surface area (Å²) >= 11 is 1.15. The number of aromatic carboxylic acids is 2. The molecule has 2 N–H and O–H groups in total. The van der Waals surface area contributed by atoms with Crippen molar-refractivity contribution in [3.63, 3.8) is 0 Å². The van der Waals surface area contributed by atoms with Crippen molar-refractivity contribution in [2.45, 2.75) is 33.1 Å². The van der Waals surface area contributed by atoms with Gasteiger partial charge in [-0.3, -0.25) is 0 Å². The first-order valence-corrected chi connectivity index (χ1v) is 12.7. The standard InChI is InChI=1S/C26H25N7O6S.2Na/c1-5-39-24(38)14-8-6-13(7-9-14)21-29-31-25(40-21)30-28-18-19(26(2,3)4)32-33(20(18)27)17-11-15(22(34)35)10-16(12-17)23(36)37;;/h6-12H,5,27H2,1-4H3,(H,34,35)(H,36,37);;/q;2*+1/p-2. The molecule has 0 aliphatic carbocycles. The molecule has 16 heteroatoms. The molecule has 0 fully saturated rings. The molecule has 0 aliphatic rings. The van der Waals surface area contributed by atoms with E-state index in [2.05, 4.69) is 25.5 Å². The number of esters is 1. The smallest absolute Gasteiger partial charge is 0.545 e. The minimum Gasteiger partial charge on any atom is -0.545 e. The Hall–Kier alpha value is -2.98. The average molecular weight is 608 g/mol. The predicted molar refractivity (Wildman–Crippen MR) is 141 cm³/mol. The van der Waals surface area contributed by atoms with Crippen LogP contribution in [-0.2, 0) is 10.2 Å². The van der Waals surface area contributed by atoms with Gasteiger partial charge in [-0.1, -0.05) is 44.2 Å². The van der Waals surface area contributed by atoms with Crippen LogP contribution in [-0.4, -0.2) is 44.5 Å². The number of rotatable bonds is 8. The quantitative estimate of drug-likeness (QED) is 0.120. The Morgan fingerprint density at radius 3 is 2.07 bits per heavy atom. The van der Waals surface area contributed by atoms with Crippen LogP contribution in [0.5, 0.6) is 0 Å². The van der Waals surface area contributed by atoms with Crippen LogP contribution in [0.15, 0.2) is 52.7 Å². The largest absolute Gasteiger partial charge is 1.00 e. The number of benzene rings is 2. The molecule has 0 bridgehead atoms. The van der Waals surface area contributed by atoms with E-state index in [1.54, 1.807) is 31.2 Å². The Morgan fingerprint density at radius 2 is 1.55 bits per heavy atom. The van der Waals surface area contributed by atoms with Gasteiger partial charge in [-0.2, -0.15) is 5.10 Å². The average Bonchev–Trinajstić information content (AvgIpc) is 3.51. The normalized spacial score (nSPS) is 11.0. The van der Waals surface area contributed by atoms with Gasteiger partial charge in [0.1, 0.15) is 5.01 Å². The van der Waals surface area contributed by atoms with Crippen LogP contribution in [0.2, 0.25) is 0 Å². The molecule has 0 aliphatic heterocycles. The third-order valence-corrected chi connectivity index (χ3v) is 6.39. The van der Waals surface area contributed by atoms with Gasteiger partial charge in [-0.25, -0.2) is 9.48 Å². The predicted octanol–water partition coefficient (Wildman–Crippen LogP) is -3.40. The van der Waals surface area contributed by atoms with Crippen LogP contribution in [0.4, 0.5) is 16.6 Å². The topological polar surface area (TPSA) is 201 Å². The van der Waals surface area contributed by atoms with Gasteiger partial charge in [0.25, 0.3) is 5.13 Å². The van der Waals surface area contributed by atoms with E-state index in [1.807, 2.05) is 20.8 Å². The van der Waals surface area contributed by atoms with Crippen molar-refractivity contribution in [3.8, 4) is 16.3 Å². The molecular formula is C26H23N7Na2O6S. The van der Waals surface area contributed by atoms with Crippen molar-refractivity contribution < 1.29 is 88.4 Å². The van der Waals surface area contributed by atoms with Gasteiger partial charge in [0.15, 0.2) is 11.5 Å². The third kappa shape index (κ3) is 7.89. The summed E-state index contributed by atoms with van der Waals surface area (Å²) in [5, 5.41) is 44.8. The van der Waals surface area contributed by atoms with Gasteiger partial charge in [0.05, 0.1) is 35.5 Å². The van der Waals surface area contributed by atoms with E-state index in [-0.39, 0.29) is 99.2 Å². The van der Waals surface area contributed by atoms with E-state index in [4.69, 9.17) is 10.5 Å². The summed E-state index contributed by atoms with van der Waals surface area (Å²) in [7, 11) is 0. The monoisotopic (exact) mass is 607 g/mol. The molecule has 0 radical (unpaired) electrons. The second kappa shape index (κ2) is 14.5. The molecule has 2 heterocycles. The van der Waals surface area contributed by atoms with E-state index >= 15 is 0 Å². The Morgan fingerprint density at radius 1 is 0.952 bits per heavy atom. The number of nitrogen functional groups attached to an aromatic ring is 1. The number of carboxylic acid groups (broad SMARTS) is 2. The molecule has 4 aromatic rings. The number of hydrogen-bond donors (Lipinski definition) is 1. The number of azo groups is 1. The fraction of sp³-hybridized carbons (Fsp3) is 0.231. The first kappa shape index (κ1) is 35.2. The van der Waals surface area contributed by atoms with Crippen molar-refractivity contribution >= 4 is 45.9 Å². The first-order chi connectivity index (χ1) is 18.9. The Kier molecular flexibility index (Phi) is 12.1. The van der Waals surface area contributed by atoms with Gasteiger partial charge in [-0.15, -0.1) is 20.4 Å². The number of carboxylic acids is 2. The third-order valence-electron chi connectivity index (χ3n) is 5.53. The zero-order chi connectivity index (χ0) is 29.2. The number of carbonyl (C=O) groups is 3. The van der Waals surface area contributed by atoms with Crippen molar-refractivity contribution in [1.29, 1.82) is 0 Å². The van der Waals surface area contributed by atoms with Crippen LogP contribution < -0.4 is 75.1 Å². The van der Waals surface area contributed by atoms with Crippen molar-refractivity contribution in [2.75, 3.05) is 12.3 Å². The Bertz CT molecular complexity index is 1610. The van der Waals surface area contributed by atoms with E-state index in [0.29, 0.717) is 21.8 Å². The molecule has 0 atom stereocenters. The van der Waals surface area contributed by atoms with Gasteiger partial charge >= 0.3 is 65.1 Å². The maximum absolute atomic E-state index is 11.9. The van der Waals surface area contributed by atoms with Crippen LogP contribution in [0.3, 0.4) is 0 Å². The minimum absolute atomic E-state index is 0. The fourth-order valence-electron chi connectivity index (χ4n) is 3.62. The zero-order valence-corrected chi connectivity index (χ0v) is 28.7. The molecular weight excluding hydrogens is 584 g/mol. The molecule has 0 unspecified atom stereocenters. The molecule has 4 rings (SSSR count). The summed E-state index contributed by atoms with van der Waals surface area (Å²) < 4.78 is 6.18. The summed E-state index contributed by atoms with van der Waals surface area (Å²) in [6.45, 7) is 7.61. The number of aromatic nitrogens is 4. The number of nitrogens with zero attached hydrogens (tertiary/aromatic N) is 6. The zero-order valence-electron chi connectivity index (χ0n) is 23.9. The van der Waals surface area contributed by atoms with Gasteiger partial charge in [-0.05, 0) is 48.4 Å². The summed E-state index contributed by atoms with van der Waals surface area (Å²) in [5.74, 6) is -3.58. The second-order valence-corrected chi connectivity index (χ2v) is 10.4. The minimum atomic E-state index is -1.58. The number of nitrogens with two attached hydrogens (primary N) is 1. The summed E-state index contributed by atoms with van der Waals surface area (Å²) in [6, 6.07) is 9.98. The molecule has 0 saturated heterocycles. The van der Waals surface area contributed by atoms with Gasteiger partial charge in [0, 0.05) is 11.0 Å². The Balaban J connectivity index is 0.00000308. The maximum Gasteiger partial charge on any atom is 1.00 e. The van der Waals surface area contributed by atoms with Crippen LogP contribution >= 0.6 is 11.3 Å². The number of hydrogen-bond acceptors (Lipinski definition) is 13. The molecule has 2 aromatic carbocycles. The number of anilines is 1. The van der Waals surface area contributed by atoms with E-state index in [0.717, 1.165) is 17.4 Å². The van der Waals surface area contributed by atoms with E-state index in [1.165, 1.54) is 16.8 Å². The maximum atomic E-state index is 11.9. The van der Waals surface area contributed by atoms with Crippen molar-refractivity contribution in [2.24, 2.45) is 10.2 Å². The van der Waals surface area contributed by atoms with Crippen LogP contribution in [0, 0.1) is 0 Å². The number of carbonyl (C=O) groups excluding carboxylic acids is 3. The molecule has 0 spiro atoms. The van der Waals surface area contributed by atoms with Crippen molar-refractivity contribution in [1.82, 2.24) is 20.0 Å². The van der Waals surface area contributed by atoms with E-state index in [9.17, 15) is 24.6 Å². The molecule has 13 nitrogen and oxygen atoms in total. The molecule has 0 saturated carbocycles. The van der Waals surface area contributed by atoms with E-state index < -0.39 is 23.3 Å². The summed E-state index contributed by atoms with van der Waals surface area (Å²) in [6.07, 6.45) is 0. The molecule has 42 heavy (non-hydrogen) atoms. The summed E-state index contributed by atoms with van der Waals surface area (Å²) in [5.41, 5.74) is 6.81. The van der Waals surface area contributed by atoms with Gasteiger partial charge in [0.2, 0.25) is 0 Å².